The lowest BCUT2D eigenvalue weighted by Gasteiger charge is -2.34. The molecule has 132 valence electrons. The van der Waals surface area contributed by atoms with Crippen LogP contribution in [-0.2, 0) is 6.42 Å². The van der Waals surface area contributed by atoms with E-state index in [0.29, 0.717) is 6.04 Å². The molecule has 24 heavy (non-hydrogen) atoms. The summed E-state index contributed by atoms with van der Waals surface area (Å²) in [6.45, 7) is 4.70. The molecule has 0 spiro atoms. The first-order valence-corrected chi connectivity index (χ1v) is 10.0. The summed E-state index contributed by atoms with van der Waals surface area (Å²) in [7, 11) is 0. The number of hydrogen-bond acceptors (Lipinski definition) is 3. The van der Waals surface area contributed by atoms with E-state index in [4.69, 9.17) is 10.5 Å². The van der Waals surface area contributed by atoms with Crippen LogP contribution >= 0.6 is 0 Å². The molecule has 2 N–H and O–H groups in total. The van der Waals surface area contributed by atoms with Crippen molar-refractivity contribution in [3.8, 4) is 5.75 Å². The van der Waals surface area contributed by atoms with Crippen molar-refractivity contribution in [2.24, 2.45) is 11.7 Å². The minimum absolute atomic E-state index is 0.480. The summed E-state index contributed by atoms with van der Waals surface area (Å²) in [6.07, 6.45) is 10.3. The summed E-state index contributed by atoms with van der Waals surface area (Å²) in [5.41, 5.74) is 9.10. The molecule has 1 aliphatic carbocycles. The monoisotopic (exact) mass is 328 g/mol. The predicted molar refractivity (Wildman–Crippen MR) is 98.6 cm³/mol. The minimum atomic E-state index is 0.480. The van der Waals surface area contributed by atoms with Crippen LogP contribution in [0.3, 0.4) is 0 Å². The number of nitrogens with zero attached hydrogens (tertiary/aromatic N) is 1. The third kappa shape index (κ3) is 3.62. The van der Waals surface area contributed by atoms with E-state index in [1.165, 1.54) is 70.1 Å². The predicted octanol–water partition coefficient (Wildman–Crippen LogP) is 3.71. The third-order valence-corrected chi connectivity index (χ3v) is 6.55. The molecular formula is C21H32N2O. The number of ether oxygens (including phenoxy) is 1. The highest BCUT2D eigenvalue weighted by atomic mass is 16.5. The second-order valence-corrected chi connectivity index (χ2v) is 8.11. The van der Waals surface area contributed by atoms with Crippen molar-refractivity contribution in [1.29, 1.82) is 0 Å². The first kappa shape index (κ1) is 16.4. The van der Waals surface area contributed by atoms with Gasteiger partial charge in [0.15, 0.2) is 0 Å². The van der Waals surface area contributed by atoms with Crippen LogP contribution in [0.25, 0.3) is 0 Å². The molecule has 3 aliphatic rings. The first-order valence-electron chi connectivity index (χ1n) is 10.0. The highest BCUT2D eigenvalue weighted by molar-refractivity contribution is 5.44. The number of fused-ring (bicyclic) bond motifs is 1. The normalized spacial score (nSPS) is 28.5. The molecule has 1 saturated heterocycles. The Kier molecular flexibility index (Phi) is 5.09. The van der Waals surface area contributed by atoms with E-state index in [9.17, 15) is 0 Å². The number of likely N-dealkylation sites (tertiary alicyclic amines) is 1. The van der Waals surface area contributed by atoms with Gasteiger partial charge in [0.05, 0.1) is 6.61 Å². The molecule has 2 aliphatic heterocycles. The van der Waals surface area contributed by atoms with Gasteiger partial charge in [-0.15, -0.1) is 0 Å². The van der Waals surface area contributed by atoms with Crippen molar-refractivity contribution in [2.75, 3.05) is 26.2 Å². The second kappa shape index (κ2) is 7.45. The summed E-state index contributed by atoms with van der Waals surface area (Å²) < 4.78 is 5.74. The van der Waals surface area contributed by atoms with Gasteiger partial charge in [-0.2, -0.15) is 0 Å². The van der Waals surface area contributed by atoms with Crippen molar-refractivity contribution in [1.82, 2.24) is 4.90 Å². The van der Waals surface area contributed by atoms with Gasteiger partial charge < -0.3 is 15.4 Å². The Hall–Kier alpha value is -1.06. The number of piperidine rings is 1. The summed E-state index contributed by atoms with van der Waals surface area (Å²) in [6, 6.07) is 7.14. The first-order chi connectivity index (χ1) is 11.8. The Balaban J connectivity index is 1.26. The molecule has 3 nitrogen and oxygen atoms in total. The second-order valence-electron chi connectivity index (χ2n) is 8.11. The maximum atomic E-state index is 6.03. The van der Waals surface area contributed by atoms with Crippen LogP contribution in [0.2, 0.25) is 0 Å². The highest BCUT2D eigenvalue weighted by Gasteiger charge is 2.26. The zero-order valence-electron chi connectivity index (χ0n) is 14.9. The Morgan fingerprint density at radius 3 is 2.62 bits per heavy atom. The molecule has 0 atom stereocenters. The lowest BCUT2D eigenvalue weighted by Crippen LogP contribution is -2.35. The summed E-state index contributed by atoms with van der Waals surface area (Å²) in [4.78, 5) is 2.70. The van der Waals surface area contributed by atoms with Crippen LogP contribution in [0.15, 0.2) is 18.2 Å². The number of benzene rings is 1. The zero-order valence-corrected chi connectivity index (χ0v) is 14.9. The van der Waals surface area contributed by atoms with E-state index in [1.807, 2.05) is 0 Å². The molecule has 0 radical (unpaired) electrons. The molecule has 1 aromatic rings. The molecule has 2 heterocycles. The molecule has 1 saturated carbocycles. The standard InChI is InChI=1S/C21H32N2O/c22-18-6-4-16(5-7-18)8-12-23-13-9-17(10-14-23)19-2-1-3-21-20(19)11-15-24-21/h1-3,16-18H,4-15,22H2. The van der Waals surface area contributed by atoms with Gasteiger partial charge in [-0.25, -0.2) is 0 Å². The number of rotatable bonds is 4. The topological polar surface area (TPSA) is 38.5 Å². The van der Waals surface area contributed by atoms with Gasteiger partial charge in [0.1, 0.15) is 5.75 Å². The fraction of sp³-hybridized carbons (Fsp3) is 0.714. The van der Waals surface area contributed by atoms with E-state index in [-0.39, 0.29) is 0 Å². The summed E-state index contributed by atoms with van der Waals surface area (Å²) in [5.74, 6) is 2.81. The maximum absolute atomic E-state index is 6.03. The van der Waals surface area contributed by atoms with Crippen LogP contribution in [0.4, 0.5) is 0 Å². The quantitative estimate of drug-likeness (QED) is 0.916. The molecule has 3 heteroatoms. The van der Waals surface area contributed by atoms with Gasteiger partial charge in [0.25, 0.3) is 0 Å². The number of nitrogens with two attached hydrogens (primary N) is 1. The highest BCUT2D eigenvalue weighted by Crippen LogP contribution is 2.37. The van der Waals surface area contributed by atoms with Crippen molar-refractivity contribution < 1.29 is 4.74 Å². The van der Waals surface area contributed by atoms with Gasteiger partial charge in [-0.1, -0.05) is 12.1 Å². The average Bonchev–Trinajstić information content (AvgIpc) is 3.10. The van der Waals surface area contributed by atoms with Crippen molar-refractivity contribution >= 4 is 0 Å². The van der Waals surface area contributed by atoms with Crippen LogP contribution < -0.4 is 10.5 Å². The Morgan fingerprint density at radius 2 is 1.83 bits per heavy atom. The molecule has 0 amide bonds. The fourth-order valence-electron chi connectivity index (χ4n) is 4.94. The molecule has 0 aromatic heterocycles. The largest absolute Gasteiger partial charge is 0.493 e. The lowest BCUT2D eigenvalue weighted by atomic mass is 9.83. The van der Waals surface area contributed by atoms with Crippen LogP contribution in [-0.4, -0.2) is 37.2 Å². The van der Waals surface area contributed by atoms with Gasteiger partial charge in [-0.05, 0) is 88.0 Å². The summed E-state index contributed by atoms with van der Waals surface area (Å²) >= 11 is 0. The Bertz CT molecular complexity index is 543. The van der Waals surface area contributed by atoms with E-state index < -0.39 is 0 Å². The molecular weight excluding hydrogens is 296 g/mol. The average molecular weight is 329 g/mol. The van der Waals surface area contributed by atoms with Crippen molar-refractivity contribution in [2.45, 2.75) is 63.3 Å². The van der Waals surface area contributed by atoms with Gasteiger partial charge >= 0.3 is 0 Å². The van der Waals surface area contributed by atoms with E-state index in [1.54, 1.807) is 5.56 Å². The maximum Gasteiger partial charge on any atom is 0.122 e. The van der Waals surface area contributed by atoms with E-state index in [0.717, 1.165) is 30.6 Å². The van der Waals surface area contributed by atoms with Crippen molar-refractivity contribution in [3.63, 3.8) is 0 Å². The SMILES string of the molecule is NC1CCC(CCN2CCC(c3cccc4c3CCO4)CC2)CC1. The number of hydrogen-bond donors (Lipinski definition) is 1. The minimum Gasteiger partial charge on any atom is -0.493 e. The molecule has 0 unspecified atom stereocenters. The van der Waals surface area contributed by atoms with E-state index in [2.05, 4.69) is 23.1 Å². The van der Waals surface area contributed by atoms with Gasteiger partial charge in [-0.3, -0.25) is 0 Å². The fourth-order valence-corrected chi connectivity index (χ4v) is 4.94. The zero-order chi connectivity index (χ0) is 16.4. The lowest BCUT2D eigenvalue weighted by molar-refractivity contribution is 0.186. The van der Waals surface area contributed by atoms with Crippen LogP contribution in [0, 0.1) is 5.92 Å². The van der Waals surface area contributed by atoms with Gasteiger partial charge in [0, 0.05) is 18.0 Å². The summed E-state index contributed by atoms with van der Waals surface area (Å²) in [5, 5.41) is 0. The van der Waals surface area contributed by atoms with E-state index >= 15 is 0 Å². The van der Waals surface area contributed by atoms with Crippen molar-refractivity contribution in [3.05, 3.63) is 29.3 Å². The molecule has 2 fully saturated rings. The van der Waals surface area contributed by atoms with Gasteiger partial charge in [0.2, 0.25) is 0 Å². The molecule has 1 aromatic carbocycles. The Morgan fingerprint density at radius 1 is 1.04 bits per heavy atom. The third-order valence-electron chi connectivity index (χ3n) is 6.55. The molecule has 4 rings (SSSR count). The smallest absolute Gasteiger partial charge is 0.122 e. The van der Waals surface area contributed by atoms with Crippen LogP contribution in [0.5, 0.6) is 5.75 Å². The molecule has 0 bridgehead atoms. The Labute approximate surface area is 146 Å². The van der Waals surface area contributed by atoms with Crippen LogP contribution in [0.1, 0.15) is 62.0 Å².